The summed E-state index contributed by atoms with van der Waals surface area (Å²) in [6, 6.07) is 9.99. The van der Waals surface area contributed by atoms with E-state index in [2.05, 4.69) is 22.4 Å². The van der Waals surface area contributed by atoms with Crippen LogP contribution in [0.1, 0.15) is 39.5 Å². The van der Waals surface area contributed by atoms with Gasteiger partial charge in [-0.05, 0) is 25.7 Å². The van der Waals surface area contributed by atoms with Crippen LogP contribution in [0.15, 0.2) is 35.5 Å². The third-order valence-corrected chi connectivity index (χ3v) is 6.15. The second kappa shape index (κ2) is 10.4. The van der Waals surface area contributed by atoms with Crippen molar-refractivity contribution in [3.05, 3.63) is 30.3 Å². The number of benzene rings is 1. The fraction of sp³-hybridized carbons (Fsp3) is 0.524. The summed E-state index contributed by atoms with van der Waals surface area (Å²) >= 11 is 1.27. The van der Waals surface area contributed by atoms with Crippen LogP contribution < -0.4 is 5.32 Å². The van der Waals surface area contributed by atoms with Crippen LogP contribution in [0.2, 0.25) is 0 Å². The molecule has 1 aliphatic carbocycles. The standard InChI is InChI=1S/C21H28N4O3S/c1-3-25-20(16-10-5-4-6-11-16)23-24-21(25)29-14-19(27)28-13-18(26)22-17-12-8-7-9-15(17)2/h4-6,10-11,15,17H,3,7-9,12-14H2,1-2H3,(H,22,26)/t15-,17+/m0/s1. The van der Waals surface area contributed by atoms with E-state index in [1.54, 1.807) is 0 Å². The first-order valence-corrected chi connectivity index (χ1v) is 11.1. The predicted molar refractivity (Wildman–Crippen MR) is 112 cm³/mol. The molecule has 1 fully saturated rings. The van der Waals surface area contributed by atoms with E-state index in [0.29, 0.717) is 17.6 Å². The van der Waals surface area contributed by atoms with Crippen LogP contribution >= 0.6 is 11.8 Å². The number of carbonyl (C=O) groups is 2. The van der Waals surface area contributed by atoms with Gasteiger partial charge in [-0.25, -0.2) is 0 Å². The third kappa shape index (κ3) is 5.82. The maximum absolute atomic E-state index is 12.1. The first kappa shape index (κ1) is 21.4. The number of thioether (sulfide) groups is 1. The van der Waals surface area contributed by atoms with Gasteiger partial charge in [0, 0.05) is 18.2 Å². The average Bonchev–Trinajstić information content (AvgIpc) is 3.16. The van der Waals surface area contributed by atoms with E-state index in [9.17, 15) is 9.59 Å². The van der Waals surface area contributed by atoms with Crippen molar-refractivity contribution >= 4 is 23.6 Å². The summed E-state index contributed by atoms with van der Waals surface area (Å²) in [4.78, 5) is 24.1. The molecule has 0 radical (unpaired) electrons. The van der Waals surface area contributed by atoms with E-state index in [0.717, 1.165) is 30.7 Å². The SMILES string of the molecule is CCn1c(SCC(=O)OCC(=O)N[C@@H]2CCCC[C@@H]2C)nnc1-c1ccccc1. The topological polar surface area (TPSA) is 86.1 Å². The summed E-state index contributed by atoms with van der Waals surface area (Å²) in [6.07, 6.45) is 4.47. The number of nitrogens with zero attached hydrogens (tertiary/aromatic N) is 3. The molecule has 3 rings (SSSR count). The number of carbonyl (C=O) groups excluding carboxylic acids is 2. The molecule has 0 saturated heterocycles. The zero-order valence-corrected chi connectivity index (χ0v) is 17.8. The van der Waals surface area contributed by atoms with Crippen molar-refractivity contribution in [3.8, 4) is 11.4 Å². The van der Waals surface area contributed by atoms with Gasteiger partial charge < -0.3 is 14.6 Å². The highest BCUT2D eigenvalue weighted by Gasteiger charge is 2.23. The highest BCUT2D eigenvalue weighted by Crippen LogP contribution is 2.24. The number of esters is 1. The van der Waals surface area contributed by atoms with Gasteiger partial charge in [-0.15, -0.1) is 10.2 Å². The molecule has 1 aliphatic rings. The Morgan fingerprint density at radius 1 is 1.21 bits per heavy atom. The second-order valence-electron chi connectivity index (χ2n) is 7.30. The summed E-state index contributed by atoms with van der Waals surface area (Å²) in [6.45, 7) is 4.62. The highest BCUT2D eigenvalue weighted by molar-refractivity contribution is 7.99. The molecule has 0 unspecified atom stereocenters. The van der Waals surface area contributed by atoms with Crippen molar-refractivity contribution in [2.75, 3.05) is 12.4 Å². The van der Waals surface area contributed by atoms with Gasteiger partial charge in [-0.3, -0.25) is 9.59 Å². The number of ether oxygens (including phenoxy) is 1. The van der Waals surface area contributed by atoms with Gasteiger partial charge in [0.05, 0.1) is 5.75 Å². The highest BCUT2D eigenvalue weighted by atomic mass is 32.2. The number of aromatic nitrogens is 3. The van der Waals surface area contributed by atoms with Crippen LogP contribution in [-0.2, 0) is 20.9 Å². The summed E-state index contributed by atoms with van der Waals surface area (Å²) in [5.74, 6) is 0.655. The summed E-state index contributed by atoms with van der Waals surface area (Å²) in [5.41, 5.74) is 0.977. The number of rotatable bonds is 8. The van der Waals surface area contributed by atoms with Gasteiger partial charge in [0.2, 0.25) is 0 Å². The van der Waals surface area contributed by atoms with Gasteiger partial charge in [0.1, 0.15) is 0 Å². The summed E-state index contributed by atoms with van der Waals surface area (Å²) in [5, 5.41) is 12.1. The Balaban J connectivity index is 1.47. The molecule has 0 aliphatic heterocycles. The molecule has 1 heterocycles. The Hall–Kier alpha value is -2.35. The zero-order chi connectivity index (χ0) is 20.6. The van der Waals surface area contributed by atoms with E-state index in [1.807, 2.05) is 41.8 Å². The van der Waals surface area contributed by atoms with Crippen LogP contribution in [0.3, 0.4) is 0 Å². The first-order chi connectivity index (χ1) is 14.1. The van der Waals surface area contributed by atoms with Crippen molar-refractivity contribution in [1.29, 1.82) is 0 Å². The average molecular weight is 417 g/mol. The maximum atomic E-state index is 12.1. The Labute approximate surface area is 175 Å². The van der Waals surface area contributed by atoms with Crippen LogP contribution in [0.4, 0.5) is 0 Å². The van der Waals surface area contributed by atoms with Crippen LogP contribution in [-0.4, -0.2) is 45.0 Å². The Bertz CT molecular complexity index is 825. The molecular formula is C21H28N4O3S. The van der Waals surface area contributed by atoms with E-state index in [4.69, 9.17) is 4.74 Å². The largest absolute Gasteiger partial charge is 0.455 e. The van der Waals surface area contributed by atoms with Crippen molar-refractivity contribution in [2.45, 2.75) is 57.3 Å². The van der Waals surface area contributed by atoms with Crippen molar-refractivity contribution in [2.24, 2.45) is 5.92 Å². The molecular weight excluding hydrogens is 388 g/mol. The Morgan fingerprint density at radius 3 is 2.69 bits per heavy atom. The van der Waals surface area contributed by atoms with Crippen LogP contribution in [0.5, 0.6) is 0 Å². The van der Waals surface area contributed by atoms with Gasteiger partial charge in [-0.2, -0.15) is 0 Å². The third-order valence-electron chi connectivity index (χ3n) is 5.21. The molecule has 7 nitrogen and oxygen atoms in total. The molecule has 29 heavy (non-hydrogen) atoms. The van der Waals surface area contributed by atoms with E-state index >= 15 is 0 Å². The smallest absolute Gasteiger partial charge is 0.316 e. The molecule has 2 atom stereocenters. The van der Waals surface area contributed by atoms with Gasteiger partial charge in [0.15, 0.2) is 17.6 Å². The molecule has 8 heteroatoms. The molecule has 1 aromatic heterocycles. The van der Waals surface area contributed by atoms with E-state index in [-0.39, 0.29) is 24.3 Å². The lowest BCUT2D eigenvalue weighted by molar-refractivity contribution is -0.146. The quantitative estimate of drug-likeness (QED) is 0.525. The molecule has 1 saturated carbocycles. The maximum Gasteiger partial charge on any atom is 0.316 e. The predicted octanol–water partition coefficient (Wildman–Crippen LogP) is 3.30. The zero-order valence-electron chi connectivity index (χ0n) is 17.0. The lowest BCUT2D eigenvalue weighted by Gasteiger charge is -2.29. The molecule has 2 aromatic rings. The summed E-state index contributed by atoms with van der Waals surface area (Å²) in [7, 11) is 0. The van der Waals surface area contributed by atoms with Gasteiger partial charge in [-0.1, -0.05) is 61.9 Å². The van der Waals surface area contributed by atoms with Crippen LogP contribution in [0.25, 0.3) is 11.4 Å². The monoisotopic (exact) mass is 416 g/mol. The number of nitrogens with one attached hydrogen (secondary N) is 1. The number of hydrogen-bond acceptors (Lipinski definition) is 6. The first-order valence-electron chi connectivity index (χ1n) is 10.1. The molecule has 1 amide bonds. The Kier molecular flexibility index (Phi) is 7.69. The van der Waals surface area contributed by atoms with Gasteiger partial charge >= 0.3 is 5.97 Å². The number of amides is 1. The Morgan fingerprint density at radius 2 is 1.97 bits per heavy atom. The molecule has 0 bridgehead atoms. The number of hydrogen-bond donors (Lipinski definition) is 1. The molecule has 1 aromatic carbocycles. The lowest BCUT2D eigenvalue weighted by atomic mass is 9.86. The normalized spacial score (nSPS) is 19.0. The molecule has 0 spiro atoms. The second-order valence-corrected chi connectivity index (χ2v) is 8.24. The minimum absolute atomic E-state index is 0.0834. The van der Waals surface area contributed by atoms with Crippen molar-refractivity contribution in [1.82, 2.24) is 20.1 Å². The van der Waals surface area contributed by atoms with E-state index < -0.39 is 5.97 Å². The molecule has 1 N–H and O–H groups in total. The van der Waals surface area contributed by atoms with E-state index in [1.165, 1.54) is 18.2 Å². The minimum Gasteiger partial charge on any atom is -0.455 e. The minimum atomic E-state index is -0.436. The van der Waals surface area contributed by atoms with Crippen molar-refractivity contribution in [3.63, 3.8) is 0 Å². The molecule has 156 valence electrons. The summed E-state index contributed by atoms with van der Waals surface area (Å²) < 4.78 is 7.10. The van der Waals surface area contributed by atoms with Gasteiger partial charge in [0.25, 0.3) is 5.91 Å². The fourth-order valence-electron chi connectivity index (χ4n) is 3.57. The van der Waals surface area contributed by atoms with Crippen molar-refractivity contribution < 1.29 is 14.3 Å². The fourth-order valence-corrected chi connectivity index (χ4v) is 4.37. The lowest BCUT2D eigenvalue weighted by Crippen LogP contribution is -2.43. The van der Waals surface area contributed by atoms with Crippen LogP contribution in [0, 0.1) is 5.92 Å².